The largest absolute Gasteiger partial charge is 0.442 e. The van der Waals surface area contributed by atoms with E-state index in [1.54, 1.807) is 6.21 Å². The lowest BCUT2D eigenvalue weighted by Crippen LogP contribution is -1.84. The second kappa shape index (κ2) is 5.36. The molecule has 0 aliphatic carbocycles. The van der Waals surface area contributed by atoms with Gasteiger partial charge in [0.25, 0.3) is 0 Å². The van der Waals surface area contributed by atoms with Gasteiger partial charge in [-0.2, -0.15) is 5.26 Å². The quantitative estimate of drug-likeness (QED) is 0.604. The molecule has 0 saturated heterocycles. The van der Waals surface area contributed by atoms with Crippen LogP contribution in [0.5, 0.6) is 0 Å². The van der Waals surface area contributed by atoms with Gasteiger partial charge in [0.15, 0.2) is 0 Å². The van der Waals surface area contributed by atoms with Crippen molar-refractivity contribution in [2.45, 2.75) is 13.8 Å². The van der Waals surface area contributed by atoms with Crippen LogP contribution >= 0.6 is 22.6 Å². The Kier molecular flexibility index (Phi) is 3.82. The first-order chi connectivity index (χ1) is 8.63. The Balaban J connectivity index is 2.39. The number of benzene rings is 1. The smallest absolute Gasteiger partial charge is 0.237 e. The van der Waals surface area contributed by atoms with Crippen LogP contribution in [0.2, 0.25) is 0 Å². The van der Waals surface area contributed by atoms with Gasteiger partial charge in [0, 0.05) is 20.9 Å². The standard InChI is InChI=1S/C14H11IN2O/c1-9-10(2)18-14(12(9)7-16)17-8-11-5-3-4-6-13(11)15/h3-6,8H,1-2H3. The molecule has 0 unspecified atom stereocenters. The van der Waals surface area contributed by atoms with E-state index in [9.17, 15) is 0 Å². The molecular formula is C14H11IN2O. The lowest BCUT2D eigenvalue weighted by molar-refractivity contribution is 0.542. The van der Waals surface area contributed by atoms with Gasteiger partial charge in [-0.05, 0) is 42.5 Å². The van der Waals surface area contributed by atoms with Crippen molar-refractivity contribution in [3.05, 3.63) is 50.3 Å². The lowest BCUT2D eigenvalue weighted by atomic mass is 10.2. The second-order valence-corrected chi connectivity index (χ2v) is 5.02. The summed E-state index contributed by atoms with van der Waals surface area (Å²) in [5.41, 5.74) is 2.37. The Morgan fingerprint density at radius 2 is 2.06 bits per heavy atom. The predicted octanol–water partition coefficient (Wildman–Crippen LogP) is 4.12. The summed E-state index contributed by atoms with van der Waals surface area (Å²) < 4.78 is 6.58. The van der Waals surface area contributed by atoms with Gasteiger partial charge in [0.1, 0.15) is 17.4 Å². The molecule has 1 heterocycles. The lowest BCUT2D eigenvalue weighted by Gasteiger charge is -1.95. The van der Waals surface area contributed by atoms with E-state index in [-0.39, 0.29) is 0 Å². The summed E-state index contributed by atoms with van der Waals surface area (Å²) in [6, 6.07) is 10.0. The molecule has 0 atom stereocenters. The number of furan rings is 1. The normalized spacial score (nSPS) is 10.8. The van der Waals surface area contributed by atoms with E-state index in [0.29, 0.717) is 11.4 Å². The number of nitrogens with zero attached hydrogens (tertiary/aromatic N) is 2. The van der Waals surface area contributed by atoms with Gasteiger partial charge in [0.2, 0.25) is 5.88 Å². The zero-order valence-electron chi connectivity index (χ0n) is 10.1. The summed E-state index contributed by atoms with van der Waals surface area (Å²) in [5, 5.41) is 9.08. The maximum Gasteiger partial charge on any atom is 0.237 e. The van der Waals surface area contributed by atoms with Gasteiger partial charge in [-0.3, -0.25) is 0 Å². The molecule has 0 aliphatic heterocycles. The van der Waals surface area contributed by atoms with Gasteiger partial charge in [-0.1, -0.05) is 18.2 Å². The van der Waals surface area contributed by atoms with Crippen molar-refractivity contribution in [3.8, 4) is 6.07 Å². The average Bonchev–Trinajstić information content (AvgIpc) is 2.64. The van der Waals surface area contributed by atoms with Crippen LogP contribution in [-0.4, -0.2) is 6.21 Å². The number of hydrogen-bond donors (Lipinski definition) is 0. The molecule has 0 bridgehead atoms. The maximum atomic E-state index is 9.08. The third-order valence-electron chi connectivity index (χ3n) is 2.70. The van der Waals surface area contributed by atoms with Crippen molar-refractivity contribution in [1.82, 2.24) is 0 Å². The Labute approximate surface area is 119 Å². The fourth-order valence-electron chi connectivity index (χ4n) is 1.54. The fraction of sp³-hybridized carbons (Fsp3) is 0.143. The molecule has 2 aromatic rings. The first-order valence-electron chi connectivity index (χ1n) is 5.42. The van der Waals surface area contributed by atoms with Crippen molar-refractivity contribution in [2.75, 3.05) is 0 Å². The van der Waals surface area contributed by atoms with E-state index in [2.05, 4.69) is 33.7 Å². The summed E-state index contributed by atoms with van der Waals surface area (Å²) in [6.45, 7) is 3.70. The summed E-state index contributed by atoms with van der Waals surface area (Å²) in [6.07, 6.45) is 1.72. The molecule has 0 spiro atoms. The van der Waals surface area contributed by atoms with Gasteiger partial charge >= 0.3 is 0 Å². The Bertz CT molecular complexity index is 650. The zero-order chi connectivity index (χ0) is 13.1. The Hall–Kier alpha value is -1.61. The van der Waals surface area contributed by atoms with Crippen LogP contribution in [0.15, 0.2) is 33.7 Å². The van der Waals surface area contributed by atoms with Gasteiger partial charge in [0.05, 0.1) is 0 Å². The molecule has 2 rings (SSSR count). The third-order valence-corrected chi connectivity index (χ3v) is 3.69. The van der Waals surface area contributed by atoms with Crippen LogP contribution in [0.3, 0.4) is 0 Å². The number of hydrogen-bond acceptors (Lipinski definition) is 3. The highest BCUT2D eigenvalue weighted by molar-refractivity contribution is 14.1. The van der Waals surface area contributed by atoms with Crippen molar-refractivity contribution < 1.29 is 4.42 Å². The third kappa shape index (κ3) is 2.46. The molecule has 18 heavy (non-hydrogen) atoms. The topological polar surface area (TPSA) is 49.3 Å². The molecule has 0 saturated carbocycles. The van der Waals surface area contributed by atoms with E-state index in [4.69, 9.17) is 9.68 Å². The van der Waals surface area contributed by atoms with Crippen molar-refractivity contribution in [2.24, 2.45) is 4.99 Å². The van der Waals surface area contributed by atoms with Crippen LogP contribution < -0.4 is 0 Å². The van der Waals surface area contributed by atoms with Crippen LogP contribution in [0, 0.1) is 28.7 Å². The molecule has 4 heteroatoms. The summed E-state index contributed by atoms with van der Waals surface area (Å²) in [7, 11) is 0. The molecule has 0 N–H and O–H groups in total. The van der Waals surface area contributed by atoms with Crippen LogP contribution in [-0.2, 0) is 0 Å². The Morgan fingerprint density at radius 3 is 2.72 bits per heavy atom. The van der Waals surface area contributed by atoms with E-state index < -0.39 is 0 Å². The average molecular weight is 350 g/mol. The van der Waals surface area contributed by atoms with Gasteiger partial charge in [-0.15, -0.1) is 0 Å². The highest BCUT2D eigenvalue weighted by Gasteiger charge is 2.12. The number of nitriles is 1. The van der Waals surface area contributed by atoms with Gasteiger partial charge < -0.3 is 4.42 Å². The van der Waals surface area contributed by atoms with Crippen molar-refractivity contribution >= 4 is 34.7 Å². The number of aliphatic imine (C=N–C) groups is 1. The van der Waals surface area contributed by atoms with E-state index in [0.717, 1.165) is 20.5 Å². The van der Waals surface area contributed by atoms with Crippen LogP contribution in [0.4, 0.5) is 5.88 Å². The molecule has 0 amide bonds. The minimum absolute atomic E-state index is 0.382. The molecular weight excluding hydrogens is 339 g/mol. The Morgan fingerprint density at radius 1 is 1.33 bits per heavy atom. The summed E-state index contributed by atoms with van der Waals surface area (Å²) in [5.74, 6) is 1.12. The van der Waals surface area contributed by atoms with E-state index >= 15 is 0 Å². The molecule has 90 valence electrons. The molecule has 0 radical (unpaired) electrons. The van der Waals surface area contributed by atoms with Gasteiger partial charge in [-0.25, -0.2) is 4.99 Å². The van der Waals surface area contributed by atoms with E-state index in [1.165, 1.54) is 0 Å². The molecule has 0 fully saturated rings. The first-order valence-corrected chi connectivity index (χ1v) is 6.50. The highest BCUT2D eigenvalue weighted by atomic mass is 127. The number of halogens is 1. The summed E-state index contributed by atoms with van der Waals surface area (Å²) >= 11 is 2.25. The van der Waals surface area contributed by atoms with Crippen molar-refractivity contribution in [3.63, 3.8) is 0 Å². The zero-order valence-corrected chi connectivity index (χ0v) is 12.2. The SMILES string of the molecule is Cc1oc(N=Cc2ccccc2I)c(C#N)c1C. The predicted molar refractivity (Wildman–Crippen MR) is 79.3 cm³/mol. The maximum absolute atomic E-state index is 9.08. The fourth-order valence-corrected chi connectivity index (χ4v) is 2.07. The number of rotatable bonds is 2. The first kappa shape index (κ1) is 12.8. The molecule has 0 aliphatic rings. The van der Waals surface area contributed by atoms with E-state index in [1.807, 2.05) is 38.1 Å². The minimum atomic E-state index is 0.382. The second-order valence-electron chi connectivity index (χ2n) is 3.85. The highest BCUT2D eigenvalue weighted by Crippen LogP contribution is 2.27. The van der Waals surface area contributed by atoms with Crippen LogP contribution in [0.25, 0.3) is 0 Å². The molecule has 3 nitrogen and oxygen atoms in total. The monoisotopic (exact) mass is 350 g/mol. The molecule has 1 aromatic carbocycles. The molecule has 1 aromatic heterocycles. The van der Waals surface area contributed by atoms with Crippen molar-refractivity contribution in [1.29, 1.82) is 5.26 Å². The summed E-state index contributed by atoms with van der Waals surface area (Å²) in [4.78, 5) is 4.27. The number of aryl methyl sites for hydroxylation is 1. The minimum Gasteiger partial charge on any atom is -0.442 e. The van der Waals surface area contributed by atoms with Crippen LogP contribution in [0.1, 0.15) is 22.5 Å².